The number of hydrogen-bond acceptors (Lipinski definition) is 2. The highest BCUT2D eigenvalue weighted by molar-refractivity contribution is 5.30. The van der Waals surface area contributed by atoms with E-state index in [4.69, 9.17) is 0 Å². The van der Waals surface area contributed by atoms with Crippen LogP contribution in [0.1, 0.15) is 30.0 Å². The minimum atomic E-state index is 0.745. The van der Waals surface area contributed by atoms with Gasteiger partial charge in [-0.1, -0.05) is 37.1 Å². The average molecular weight is 248 g/mol. The fourth-order valence-electron chi connectivity index (χ4n) is 2.31. The maximum atomic E-state index is 3.57. The maximum Gasteiger partial charge on any atom is -0.000813 e. The summed E-state index contributed by atoms with van der Waals surface area (Å²) in [6.45, 7) is 9.91. The Morgan fingerprint density at radius 1 is 1.17 bits per heavy atom. The van der Waals surface area contributed by atoms with Gasteiger partial charge in [0, 0.05) is 0 Å². The lowest BCUT2D eigenvalue weighted by Crippen LogP contribution is -2.30. The summed E-state index contributed by atoms with van der Waals surface area (Å²) >= 11 is 0. The van der Waals surface area contributed by atoms with Gasteiger partial charge in [0.2, 0.25) is 0 Å². The molecular formula is C16H28N2. The molecule has 0 aliphatic rings. The number of nitrogens with one attached hydrogen (secondary N) is 2. The predicted molar refractivity (Wildman–Crippen MR) is 80.2 cm³/mol. The van der Waals surface area contributed by atoms with E-state index in [1.807, 2.05) is 7.05 Å². The van der Waals surface area contributed by atoms with Gasteiger partial charge in [-0.15, -0.1) is 0 Å². The average Bonchev–Trinajstić information content (AvgIpc) is 2.35. The van der Waals surface area contributed by atoms with Crippen molar-refractivity contribution in [2.75, 3.05) is 26.7 Å². The SMILES string of the molecule is CCC(CNC)CNCCc1ccc(C)cc1C. The first-order valence-electron chi connectivity index (χ1n) is 7.08. The van der Waals surface area contributed by atoms with Gasteiger partial charge >= 0.3 is 0 Å². The summed E-state index contributed by atoms with van der Waals surface area (Å²) in [6.07, 6.45) is 2.36. The fourth-order valence-corrected chi connectivity index (χ4v) is 2.31. The molecule has 1 rings (SSSR count). The van der Waals surface area contributed by atoms with E-state index in [-0.39, 0.29) is 0 Å². The van der Waals surface area contributed by atoms with Crippen LogP contribution in [0.4, 0.5) is 0 Å². The molecule has 18 heavy (non-hydrogen) atoms. The lowest BCUT2D eigenvalue weighted by Gasteiger charge is -2.15. The Bertz CT molecular complexity index is 347. The molecular weight excluding hydrogens is 220 g/mol. The molecule has 1 aromatic rings. The molecule has 0 fully saturated rings. The third-order valence-corrected chi connectivity index (χ3v) is 3.57. The Kier molecular flexibility index (Phi) is 6.99. The summed E-state index contributed by atoms with van der Waals surface area (Å²) < 4.78 is 0. The predicted octanol–water partition coefficient (Wildman–Crippen LogP) is 2.68. The summed E-state index contributed by atoms with van der Waals surface area (Å²) in [4.78, 5) is 0. The quantitative estimate of drug-likeness (QED) is 0.691. The number of aryl methyl sites for hydroxylation is 2. The van der Waals surface area contributed by atoms with E-state index in [0.717, 1.165) is 32.0 Å². The van der Waals surface area contributed by atoms with Gasteiger partial charge in [-0.05, 0) is 64.0 Å². The molecule has 102 valence electrons. The van der Waals surface area contributed by atoms with Crippen LogP contribution in [0.2, 0.25) is 0 Å². The van der Waals surface area contributed by atoms with Gasteiger partial charge in [-0.2, -0.15) is 0 Å². The molecule has 2 heteroatoms. The molecule has 2 nitrogen and oxygen atoms in total. The van der Waals surface area contributed by atoms with Gasteiger partial charge in [0.1, 0.15) is 0 Å². The monoisotopic (exact) mass is 248 g/mol. The zero-order valence-corrected chi connectivity index (χ0v) is 12.3. The van der Waals surface area contributed by atoms with Crippen molar-refractivity contribution in [3.8, 4) is 0 Å². The number of hydrogen-bond donors (Lipinski definition) is 2. The Balaban J connectivity index is 2.29. The van der Waals surface area contributed by atoms with Gasteiger partial charge in [-0.3, -0.25) is 0 Å². The topological polar surface area (TPSA) is 24.1 Å². The fraction of sp³-hybridized carbons (Fsp3) is 0.625. The van der Waals surface area contributed by atoms with Crippen molar-refractivity contribution in [3.63, 3.8) is 0 Å². The van der Waals surface area contributed by atoms with Gasteiger partial charge in [-0.25, -0.2) is 0 Å². The van der Waals surface area contributed by atoms with Crippen molar-refractivity contribution >= 4 is 0 Å². The minimum absolute atomic E-state index is 0.745. The molecule has 0 saturated heterocycles. The van der Waals surface area contributed by atoms with Crippen LogP contribution in [0.15, 0.2) is 18.2 Å². The Morgan fingerprint density at radius 3 is 2.56 bits per heavy atom. The Hall–Kier alpha value is -0.860. The van der Waals surface area contributed by atoms with Gasteiger partial charge in [0.15, 0.2) is 0 Å². The van der Waals surface area contributed by atoms with Crippen molar-refractivity contribution in [2.24, 2.45) is 5.92 Å². The molecule has 0 radical (unpaired) electrons. The van der Waals surface area contributed by atoms with Gasteiger partial charge in [0.25, 0.3) is 0 Å². The normalized spacial score (nSPS) is 12.7. The molecule has 0 amide bonds. The lowest BCUT2D eigenvalue weighted by molar-refractivity contribution is 0.447. The Labute approximate surface area is 112 Å². The maximum absolute atomic E-state index is 3.57. The molecule has 2 N–H and O–H groups in total. The second kappa shape index (κ2) is 8.28. The van der Waals surface area contributed by atoms with Crippen LogP contribution in [-0.2, 0) is 6.42 Å². The first-order chi connectivity index (χ1) is 8.67. The lowest BCUT2D eigenvalue weighted by atomic mass is 10.0. The van der Waals surface area contributed by atoms with Crippen LogP contribution >= 0.6 is 0 Å². The second-order valence-electron chi connectivity index (χ2n) is 5.22. The van der Waals surface area contributed by atoms with Crippen molar-refractivity contribution in [3.05, 3.63) is 34.9 Å². The van der Waals surface area contributed by atoms with Crippen molar-refractivity contribution in [1.29, 1.82) is 0 Å². The summed E-state index contributed by atoms with van der Waals surface area (Å²) in [5.74, 6) is 0.745. The third kappa shape index (κ3) is 5.19. The number of benzene rings is 1. The highest BCUT2D eigenvalue weighted by Gasteiger charge is 2.04. The number of rotatable bonds is 8. The van der Waals surface area contributed by atoms with E-state index in [0.29, 0.717) is 0 Å². The van der Waals surface area contributed by atoms with Crippen LogP contribution in [0.5, 0.6) is 0 Å². The highest BCUT2D eigenvalue weighted by atomic mass is 14.9. The van der Waals surface area contributed by atoms with Crippen molar-refractivity contribution in [2.45, 2.75) is 33.6 Å². The summed E-state index contributed by atoms with van der Waals surface area (Å²) in [7, 11) is 2.03. The molecule has 1 aromatic carbocycles. The molecule has 0 bridgehead atoms. The molecule has 0 aliphatic heterocycles. The first-order valence-corrected chi connectivity index (χ1v) is 7.08. The smallest absolute Gasteiger partial charge is 0.000813 e. The van der Waals surface area contributed by atoms with Crippen LogP contribution in [0.3, 0.4) is 0 Å². The van der Waals surface area contributed by atoms with Crippen molar-refractivity contribution < 1.29 is 0 Å². The molecule has 0 aromatic heterocycles. The van der Waals surface area contributed by atoms with E-state index in [1.54, 1.807) is 0 Å². The van der Waals surface area contributed by atoms with Crippen LogP contribution in [0.25, 0.3) is 0 Å². The van der Waals surface area contributed by atoms with E-state index in [9.17, 15) is 0 Å². The Morgan fingerprint density at radius 2 is 1.94 bits per heavy atom. The van der Waals surface area contributed by atoms with E-state index in [2.05, 4.69) is 49.6 Å². The van der Waals surface area contributed by atoms with Gasteiger partial charge < -0.3 is 10.6 Å². The molecule has 0 spiro atoms. The van der Waals surface area contributed by atoms with Crippen molar-refractivity contribution in [1.82, 2.24) is 10.6 Å². The molecule has 1 unspecified atom stereocenters. The first kappa shape index (κ1) is 15.2. The van der Waals surface area contributed by atoms with E-state index < -0.39 is 0 Å². The second-order valence-corrected chi connectivity index (χ2v) is 5.22. The molecule has 0 aliphatic carbocycles. The molecule has 0 saturated carbocycles. The highest BCUT2D eigenvalue weighted by Crippen LogP contribution is 2.10. The van der Waals surface area contributed by atoms with Crippen LogP contribution in [-0.4, -0.2) is 26.7 Å². The standard InChI is InChI=1S/C16H28N2/c1-5-15(11-17-4)12-18-9-8-16-7-6-13(2)10-14(16)3/h6-7,10,15,17-18H,5,8-9,11-12H2,1-4H3. The van der Waals surface area contributed by atoms with E-state index in [1.165, 1.54) is 23.1 Å². The summed E-state index contributed by atoms with van der Waals surface area (Å²) in [5.41, 5.74) is 4.23. The largest absolute Gasteiger partial charge is 0.319 e. The van der Waals surface area contributed by atoms with Gasteiger partial charge in [0.05, 0.1) is 0 Å². The molecule has 0 heterocycles. The van der Waals surface area contributed by atoms with E-state index >= 15 is 0 Å². The van der Waals surface area contributed by atoms with Crippen LogP contribution in [0, 0.1) is 19.8 Å². The third-order valence-electron chi connectivity index (χ3n) is 3.57. The van der Waals surface area contributed by atoms with Crippen LogP contribution < -0.4 is 10.6 Å². The minimum Gasteiger partial charge on any atom is -0.319 e. The molecule has 1 atom stereocenters. The zero-order chi connectivity index (χ0) is 13.4. The zero-order valence-electron chi connectivity index (χ0n) is 12.3. The summed E-state index contributed by atoms with van der Waals surface area (Å²) in [6, 6.07) is 6.74. The summed E-state index contributed by atoms with van der Waals surface area (Å²) in [5, 5.41) is 6.82.